The lowest BCUT2D eigenvalue weighted by atomic mass is 10.00. The van der Waals surface area contributed by atoms with E-state index in [0.29, 0.717) is 11.4 Å². The fourth-order valence-corrected chi connectivity index (χ4v) is 4.94. The normalized spacial score (nSPS) is 22.7. The van der Waals surface area contributed by atoms with Crippen molar-refractivity contribution in [1.29, 1.82) is 0 Å². The summed E-state index contributed by atoms with van der Waals surface area (Å²) in [5.41, 5.74) is 7.93. The highest BCUT2D eigenvalue weighted by Crippen LogP contribution is 2.27. The predicted octanol–water partition coefficient (Wildman–Crippen LogP) is 2.19. The number of benzene rings is 1. The highest BCUT2D eigenvalue weighted by atomic mass is 32.2. The van der Waals surface area contributed by atoms with Gasteiger partial charge in [-0.15, -0.1) is 0 Å². The average Bonchev–Trinajstić information content (AvgIpc) is 2.37. The Hall–Kier alpha value is -0.910. The largest absolute Gasteiger partial charge is 0.326 e. The van der Waals surface area contributed by atoms with Crippen LogP contribution in [-0.2, 0) is 10.0 Å². The molecule has 1 aliphatic rings. The molecular weight excluding hydrogens is 272 g/mol. The van der Waals surface area contributed by atoms with E-state index in [0.717, 1.165) is 30.4 Å². The lowest BCUT2D eigenvalue weighted by Gasteiger charge is -2.37. The summed E-state index contributed by atoms with van der Waals surface area (Å²) in [5, 5.41) is 0. The summed E-state index contributed by atoms with van der Waals surface area (Å²) in [6.07, 6.45) is 2.81. The predicted molar refractivity (Wildman–Crippen MR) is 81.1 cm³/mol. The van der Waals surface area contributed by atoms with E-state index >= 15 is 0 Å². The van der Waals surface area contributed by atoms with Crippen molar-refractivity contribution >= 4 is 10.0 Å². The Kier molecular flexibility index (Phi) is 4.52. The van der Waals surface area contributed by atoms with Gasteiger partial charge in [0.05, 0.1) is 4.90 Å². The molecule has 0 radical (unpaired) electrons. The standard InChI is InChI=1S/C15H24N2O2S/c1-11-8-12(2)10-14(9-11)20(18,19)17-7-5-4-6-15(17)13(3)16/h8-10,13,15H,4-7,16H2,1-3H3. The van der Waals surface area contributed by atoms with Crippen LogP contribution >= 0.6 is 0 Å². The number of nitrogens with two attached hydrogens (primary N) is 1. The molecule has 0 spiro atoms. The highest BCUT2D eigenvalue weighted by molar-refractivity contribution is 7.89. The molecule has 1 saturated heterocycles. The van der Waals surface area contributed by atoms with E-state index in [9.17, 15) is 8.42 Å². The van der Waals surface area contributed by atoms with Gasteiger partial charge in [0.15, 0.2) is 0 Å². The Morgan fingerprint density at radius 3 is 2.35 bits per heavy atom. The second kappa shape index (κ2) is 5.84. The molecule has 5 heteroatoms. The third-order valence-corrected chi connectivity index (χ3v) is 5.81. The van der Waals surface area contributed by atoms with Gasteiger partial charge in [0.1, 0.15) is 0 Å². The average molecular weight is 296 g/mol. The summed E-state index contributed by atoms with van der Waals surface area (Å²) in [6.45, 7) is 6.30. The maximum absolute atomic E-state index is 12.9. The molecule has 0 amide bonds. The molecule has 20 heavy (non-hydrogen) atoms. The van der Waals surface area contributed by atoms with Gasteiger partial charge in [-0.25, -0.2) is 8.42 Å². The second-order valence-electron chi connectivity index (χ2n) is 5.86. The minimum atomic E-state index is -3.45. The van der Waals surface area contributed by atoms with E-state index in [1.54, 1.807) is 16.4 Å². The first kappa shape index (κ1) is 15.5. The zero-order chi connectivity index (χ0) is 14.9. The van der Waals surface area contributed by atoms with Crippen molar-refractivity contribution in [3.63, 3.8) is 0 Å². The SMILES string of the molecule is Cc1cc(C)cc(S(=O)(=O)N2CCCCC2C(C)N)c1. The van der Waals surface area contributed by atoms with Crippen molar-refractivity contribution in [3.8, 4) is 0 Å². The van der Waals surface area contributed by atoms with Crippen LogP contribution in [0.15, 0.2) is 23.1 Å². The smallest absolute Gasteiger partial charge is 0.243 e. The molecule has 1 aromatic rings. The molecule has 1 heterocycles. The van der Waals surface area contributed by atoms with Crippen LogP contribution in [0.4, 0.5) is 0 Å². The monoisotopic (exact) mass is 296 g/mol. The number of nitrogens with zero attached hydrogens (tertiary/aromatic N) is 1. The summed E-state index contributed by atoms with van der Waals surface area (Å²) < 4.78 is 27.4. The Labute approximate surface area is 122 Å². The molecule has 2 unspecified atom stereocenters. The topological polar surface area (TPSA) is 63.4 Å². The van der Waals surface area contributed by atoms with Gasteiger partial charge in [0.2, 0.25) is 10.0 Å². The molecular formula is C15H24N2O2S. The van der Waals surface area contributed by atoms with Crippen molar-refractivity contribution < 1.29 is 8.42 Å². The van der Waals surface area contributed by atoms with Crippen molar-refractivity contribution in [2.75, 3.05) is 6.54 Å². The van der Waals surface area contributed by atoms with Crippen molar-refractivity contribution in [2.24, 2.45) is 5.73 Å². The molecule has 4 nitrogen and oxygen atoms in total. The molecule has 2 atom stereocenters. The van der Waals surface area contributed by atoms with Gasteiger partial charge >= 0.3 is 0 Å². The first-order valence-electron chi connectivity index (χ1n) is 7.18. The van der Waals surface area contributed by atoms with Gasteiger partial charge in [-0.2, -0.15) is 4.31 Å². The Balaban J connectivity index is 2.42. The van der Waals surface area contributed by atoms with Crippen molar-refractivity contribution in [2.45, 2.75) is 57.0 Å². The van der Waals surface area contributed by atoms with Gasteiger partial charge in [0, 0.05) is 18.6 Å². The molecule has 1 aliphatic heterocycles. The van der Waals surface area contributed by atoms with Crippen molar-refractivity contribution in [1.82, 2.24) is 4.31 Å². The van der Waals surface area contributed by atoms with Crippen LogP contribution in [0.3, 0.4) is 0 Å². The van der Waals surface area contributed by atoms with E-state index in [2.05, 4.69) is 0 Å². The number of aryl methyl sites for hydroxylation is 2. The molecule has 1 aromatic carbocycles. The minimum absolute atomic E-state index is 0.0884. The Morgan fingerprint density at radius 1 is 1.20 bits per heavy atom. The van der Waals surface area contributed by atoms with Crippen LogP contribution in [-0.4, -0.2) is 31.4 Å². The van der Waals surface area contributed by atoms with Gasteiger partial charge in [-0.1, -0.05) is 12.5 Å². The summed E-state index contributed by atoms with van der Waals surface area (Å²) in [6, 6.07) is 5.24. The van der Waals surface area contributed by atoms with Crippen LogP contribution in [0.1, 0.15) is 37.3 Å². The lowest BCUT2D eigenvalue weighted by Crippen LogP contribution is -2.51. The van der Waals surface area contributed by atoms with E-state index < -0.39 is 10.0 Å². The molecule has 0 bridgehead atoms. The van der Waals surface area contributed by atoms with Crippen LogP contribution in [0.25, 0.3) is 0 Å². The van der Waals surface area contributed by atoms with Gasteiger partial charge in [-0.3, -0.25) is 0 Å². The number of hydrogen-bond donors (Lipinski definition) is 1. The van der Waals surface area contributed by atoms with E-state index in [1.165, 1.54) is 0 Å². The first-order chi connectivity index (χ1) is 9.32. The quantitative estimate of drug-likeness (QED) is 0.930. The summed E-state index contributed by atoms with van der Waals surface area (Å²) >= 11 is 0. The molecule has 2 N–H and O–H groups in total. The van der Waals surface area contributed by atoms with Crippen LogP contribution in [0.2, 0.25) is 0 Å². The summed E-state index contributed by atoms with van der Waals surface area (Å²) in [4.78, 5) is 0.391. The molecule has 0 saturated carbocycles. The summed E-state index contributed by atoms with van der Waals surface area (Å²) in [5.74, 6) is 0. The zero-order valence-corrected chi connectivity index (χ0v) is 13.3. The third-order valence-electron chi connectivity index (χ3n) is 3.91. The minimum Gasteiger partial charge on any atom is -0.326 e. The van der Waals surface area contributed by atoms with Gasteiger partial charge in [-0.05, 0) is 56.9 Å². The maximum atomic E-state index is 12.9. The van der Waals surface area contributed by atoms with Crippen LogP contribution in [0, 0.1) is 13.8 Å². The van der Waals surface area contributed by atoms with Gasteiger partial charge < -0.3 is 5.73 Å². The molecule has 0 aliphatic carbocycles. The number of sulfonamides is 1. The van der Waals surface area contributed by atoms with E-state index in [-0.39, 0.29) is 12.1 Å². The fraction of sp³-hybridized carbons (Fsp3) is 0.600. The first-order valence-corrected chi connectivity index (χ1v) is 8.62. The second-order valence-corrected chi connectivity index (χ2v) is 7.75. The van der Waals surface area contributed by atoms with E-state index in [1.807, 2.05) is 26.8 Å². The van der Waals surface area contributed by atoms with Gasteiger partial charge in [0.25, 0.3) is 0 Å². The highest BCUT2D eigenvalue weighted by Gasteiger charge is 2.35. The fourth-order valence-electron chi connectivity index (χ4n) is 2.97. The Morgan fingerprint density at radius 2 is 1.80 bits per heavy atom. The van der Waals surface area contributed by atoms with Crippen molar-refractivity contribution in [3.05, 3.63) is 29.3 Å². The van der Waals surface area contributed by atoms with Crippen LogP contribution in [0.5, 0.6) is 0 Å². The Bertz CT molecular complexity index is 561. The number of rotatable bonds is 3. The van der Waals surface area contributed by atoms with Crippen LogP contribution < -0.4 is 5.73 Å². The molecule has 1 fully saturated rings. The molecule has 2 rings (SSSR count). The zero-order valence-electron chi connectivity index (χ0n) is 12.5. The molecule has 0 aromatic heterocycles. The number of hydrogen-bond acceptors (Lipinski definition) is 3. The lowest BCUT2D eigenvalue weighted by molar-refractivity contribution is 0.227. The third kappa shape index (κ3) is 3.05. The molecule has 112 valence electrons. The number of piperidine rings is 1. The maximum Gasteiger partial charge on any atom is 0.243 e. The summed E-state index contributed by atoms with van der Waals surface area (Å²) in [7, 11) is -3.45. The van der Waals surface area contributed by atoms with E-state index in [4.69, 9.17) is 5.73 Å².